The fourth-order valence-electron chi connectivity index (χ4n) is 2.47. The molecule has 1 heterocycles. The number of hydrogen-bond donors (Lipinski definition) is 7. The molecule has 5 atom stereocenters. The van der Waals surface area contributed by atoms with Gasteiger partial charge in [-0.2, -0.15) is 0 Å². The topological polar surface area (TPSA) is 161 Å². The number of ether oxygens (including phenoxy) is 2. The highest BCUT2D eigenvalue weighted by Crippen LogP contribution is 2.20. The molecule has 1 saturated heterocycles. The monoisotopic (exact) mass is 422 g/mol. The number of carbonyl (C=O) groups is 2. The van der Waals surface area contributed by atoms with Gasteiger partial charge in [-0.15, -0.1) is 0 Å². The molecule has 0 aromatic heterocycles. The average Bonchev–Trinajstić information content (AvgIpc) is 2.56. The molecule has 11 nitrogen and oxygen atoms in total. The molecule has 0 spiro atoms. The third-order valence-corrected chi connectivity index (χ3v) is 3.91. The first kappa shape index (κ1) is 24.3. The van der Waals surface area contributed by atoms with Crippen LogP contribution in [-0.2, 0) is 14.3 Å². The van der Waals surface area contributed by atoms with Crippen LogP contribution in [0.15, 0.2) is 0 Å². The van der Waals surface area contributed by atoms with Crippen molar-refractivity contribution in [1.29, 1.82) is 0 Å². The molecule has 0 bridgehead atoms. The van der Waals surface area contributed by atoms with Crippen LogP contribution in [0.25, 0.3) is 0 Å². The van der Waals surface area contributed by atoms with Crippen molar-refractivity contribution in [2.75, 3.05) is 19.7 Å². The second kappa shape index (κ2) is 10.7. The highest BCUT2D eigenvalue weighted by molar-refractivity contribution is 7.80. The number of aliphatic hydroxyl groups is 3. The molecule has 1 aliphatic rings. The number of nitrogens with one attached hydrogen (secondary N) is 4. The highest BCUT2D eigenvalue weighted by atomic mass is 32.1. The van der Waals surface area contributed by atoms with E-state index < -0.39 is 54.8 Å². The minimum atomic E-state index is -1.38. The quantitative estimate of drug-likeness (QED) is 0.187. The second-order valence-corrected chi connectivity index (χ2v) is 7.72. The Labute approximate surface area is 169 Å². The fourth-order valence-corrected chi connectivity index (χ4v) is 2.69. The summed E-state index contributed by atoms with van der Waals surface area (Å²) in [4.78, 5) is 22.9. The maximum atomic E-state index is 11.6. The van der Waals surface area contributed by atoms with Crippen LogP contribution in [0.3, 0.4) is 0 Å². The molecule has 1 rings (SSSR count). The average molecular weight is 423 g/mol. The summed E-state index contributed by atoms with van der Waals surface area (Å²) in [6.07, 6.45) is -5.34. The Morgan fingerprint density at radius 3 is 2.25 bits per heavy atom. The summed E-state index contributed by atoms with van der Waals surface area (Å²) in [5.41, 5.74) is -0.597. The SMILES string of the molecule is CC(=O)N[C@@H]1[C@@H](O)[C@H](O)[C@@H](CO)O[C@H]1NC(=S)NCCNC(=O)OC(C)(C)C. The molecule has 0 saturated carbocycles. The first-order valence-corrected chi connectivity index (χ1v) is 9.26. The summed E-state index contributed by atoms with van der Waals surface area (Å²) < 4.78 is 10.6. The first-order valence-electron chi connectivity index (χ1n) is 8.85. The third kappa shape index (κ3) is 8.10. The minimum Gasteiger partial charge on any atom is -0.444 e. The zero-order valence-corrected chi connectivity index (χ0v) is 17.2. The van der Waals surface area contributed by atoms with Gasteiger partial charge < -0.3 is 46.1 Å². The summed E-state index contributed by atoms with van der Waals surface area (Å²) in [6, 6.07) is -0.991. The van der Waals surface area contributed by atoms with E-state index in [0.29, 0.717) is 0 Å². The molecule has 7 N–H and O–H groups in total. The Bertz CT molecular complexity index is 558. The van der Waals surface area contributed by atoms with Crippen molar-refractivity contribution in [3.63, 3.8) is 0 Å². The third-order valence-electron chi connectivity index (χ3n) is 3.65. The standard InChI is InChI=1S/C16H30N4O7S/c1-8(22)19-10-12(24)11(23)9(7-21)26-13(10)20-14(28)17-5-6-18-15(25)27-16(2,3)4/h9-13,21,23-24H,5-7H2,1-4H3,(H,18,25)(H,19,22)(H2,17,20,28)/t9-,10-,11-,12-,13-/m1/s1. The number of aliphatic hydroxyl groups excluding tert-OH is 3. The van der Waals surface area contributed by atoms with E-state index in [1.165, 1.54) is 6.92 Å². The van der Waals surface area contributed by atoms with Gasteiger partial charge >= 0.3 is 6.09 Å². The molecule has 12 heteroatoms. The van der Waals surface area contributed by atoms with Crippen molar-refractivity contribution in [2.45, 2.75) is 63.9 Å². The van der Waals surface area contributed by atoms with Crippen molar-refractivity contribution >= 4 is 29.3 Å². The van der Waals surface area contributed by atoms with E-state index in [1.807, 2.05) is 0 Å². The van der Waals surface area contributed by atoms with E-state index in [0.717, 1.165) is 0 Å². The van der Waals surface area contributed by atoms with Gasteiger partial charge in [0.05, 0.1) is 6.61 Å². The maximum Gasteiger partial charge on any atom is 0.407 e. The van der Waals surface area contributed by atoms with E-state index in [4.69, 9.17) is 21.7 Å². The van der Waals surface area contributed by atoms with Crippen LogP contribution in [0.1, 0.15) is 27.7 Å². The lowest BCUT2D eigenvalue weighted by Gasteiger charge is -2.43. The highest BCUT2D eigenvalue weighted by Gasteiger charge is 2.44. The summed E-state index contributed by atoms with van der Waals surface area (Å²) in [5, 5.41) is 40.3. The molecule has 162 valence electrons. The van der Waals surface area contributed by atoms with Crippen LogP contribution in [0.2, 0.25) is 0 Å². The lowest BCUT2D eigenvalue weighted by atomic mass is 9.96. The van der Waals surface area contributed by atoms with Crippen molar-refractivity contribution in [1.82, 2.24) is 21.3 Å². The van der Waals surface area contributed by atoms with Crippen LogP contribution >= 0.6 is 12.2 Å². The van der Waals surface area contributed by atoms with Crippen molar-refractivity contribution < 1.29 is 34.4 Å². The Balaban J connectivity index is 2.52. The number of thiocarbonyl (C=S) groups is 1. The van der Waals surface area contributed by atoms with Gasteiger partial charge in [0.1, 0.15) is 30.0 Å². The van der Waals surface area contributed by atoms with Crippen LogP contribution in [-0.4, -0.2) is 88.3 Å². The molecule has 0 aromatic carbocycles. The molecule has 0 aromatic rings. The molecule has 28 heavy (non-hydrogen) atoms. The van der Waals surface area contributed by atoms with Crippen LogP contribution < -0.4 is 21.3 Å². The van der Waals surface area contributed by atoms with Gasteiger partial charge in [0.25, 0.3) is 0 Å². The molecular formula is C16H30N4O7S. The summed E-state index contributed by atoms with van der Waals surface area (Å²) in [7, 11) is 0. The zero-order chi connectivity index (χ0) is 21.5. The van der Waals surface area contributed by atoms with Crippen LogP contribution in [0.5, 0.6) is 0 Å². The summed E-state index contributed by atoms with van der Waals surface area (Å²) in [6.45, 7) is 6.51. The molecule has 0 unspecified atom stereocenters. The number of carbonyl (C=O) groups excluding carboxylic acids is 2. The van der Waals surface area contributed by atoms with Crippen molar-refractivity contribution in [2.24, 2.45) is 0 Å². The minimum absolute atomic E-state index is 0.131. The predicted octanol–water partition coefficient (Wildman–Crippen LogP) is -2.08. The van der Waals surface area contributed by atoms with Crippen molar-refractivity contribution in [3.05, 3.63) is 0 Å². The first-order chi connectivity index (χ1) is 12.9. The zero-order valence-electron chi connectivity index (χ0n) is 16.4. The van der Waals surface area contributed by atoms with E-state index >= 15 is 0 Å². The molecule has 1 aliphatic heterocycles. The smallest absolute Gasteiger partial charge is 0.407 e. The summed E-state index contributed by atoms with van der Waals surface area (Å²) >= 11 is 5.15. The van der Waals surface area contributed by atoms with Gasteiger partial charge in [0.15, 0.2) is 11.3 Å². The van der Waals surface area contributed by atoms with Gasteiger partial charge in [0.2, 0.25) is 5.91 Å². The number of hydrogen-bond acceptors (Lipinski definition) is 8. The lowest BCUT2D eigenvalue weighted by molar-refractivity contribution is -0.198. The molecule has 0 radical (unpaired) electrons. The number of alkyl carbamates (subject to hydrolysis) is 1. The van der Waals surface area contributed by atoms with E-state index in [1.54, 1.807) is 20.8 Å². The van der Waals surface area contributed by atoms with E-state index in [2.05, 4.69) is 21.3 Å². The molecule has 0 aliphatic carbocycles. The summed E-state index contributed by atoms with van der Waals surface area (Å²) in [5.74, 6) is -0.436. The Morgan fingerprint density at radius 2 is 1.71 bits per heavy atom. The van der Waals surface area contributed by atoms with Gasteiger partial charge in [-0.25, -0.2) is 4.79 Å². The number of rotatable bonds is 6. The molecular weight excluding hydrogens is 392 g/mol. The maximum absolute atomic E-state index is 11.6. The fraction of sp³-hybridized carbons (Fsp3) is 0.812. The van der Waals surface area contributed by atoms with Gasteiger partial charge in [-0.05, 0) is 33.0 Å². The van der Waals surface area contributed by atoms with E-state index in [9.17, 15) is 24.9 Å². The van der Waals surface area contributed by atoms with Gasteiger partial charge in [-0.1, -0.05) is 0 Å². The van der Waals surface area contributed by atoms with Crippen LogP contribution in [0, 0.1) is 0 Å². The van der Waals surface area contributed by atoms with Crippen LogP contribution in [0.4, 0.5) is 4.79 Å². The van der Waals surface area contributed by atoms with Gasteiger partial charge in [-0.3, -0.25) is 4.79 Å². The number of amides is 2. The lowest BCUT2D eigenvalue weighted by Crippen LogP contribution is -2.68. The molecule has 1 fully saturated rings. The largest absolute Gasteiger partial charge is 0.444 e. The van der Waals surface area contributed by atoms with E-state index in [-0.39, 0.29) is 18.2 Å². The molecule has 2 amide bonds. The predicted molar refractivity (Wildman–Crippen MR) is 103 cm³/mol. The second-order valence-electron chi connectivity index (χ2n) is 7.31. The Kier molecular flexibility index (Phi) is 9.30. The Morgan fingerprint density at radius 1 is 1.11 bits per heavy atom. The van der Waals surface area contributed by atoms with Crippen molar-refractivity contribution in [3.8, 4) is 0 Å². The normalized spacial score (nSPS) is 27.5. The van der Waals surface area contributed by atoms with Gasteiger partial charge in [0, 0.05) is 20.0 Å². The Hall–Kier alpha value is -1.73.